The predicted molar refractivity (Wildman–Crippen MR) is 96.8 cm³/mol. The van der Waals surface area contributed by atoms with E-state index in [1.165, 1.54) is 0 Å². The molecule has 0 aliphatic rings. The highest BCUT2D eigenvalue weighted by Gasteiger charge is 2.47. The normalized spacial score (nSPS) is 15.3. The van der Waals surface area contributed by atoms with Gasteiger partial charge in [-0.3, -0.25) is 0 Å². The molecule has 2 atom stereocenters. The Balaban J connectivity index is 3.08. The maximum Gasteiger partial charge on any atom is 0.507 e. The molecule has 1 aromatic carbocycles. The van der Waals surface area contributed by atoms with Crippen molar-refractivity contribution in [3.05, 3.63) is 35.4 Å². The van der Waals surface area contributed by atoms with Gasteiger partial charge in [-0.1, -0.05) is 38.1 Å². The van der Waals surface area contributed by atoms with Gasteiger partial charge >= 0.3 is 17.6 Å². The predicted octanol–water partition coefficient (Wildman–Crippen LogP) is 2.73. The van der Waals surface area contributed by atoms with Gasteiger partial charge in [0, 0.05) is 42.7 Å². The van der Waals surface area contributed by atoms with E-state index in [9.17, 15) is 0 Å². The van der Waals surface area contributed by atoms with E-state index in [0.29, 0.717) is 0 Å². The summed E-state index contributed by atoms with van der Waals surface area (Å²) in [5, 5.41) is 0. The molecular weight excluding hydrogens is 344 g/mol. The van der Waals surface area contributed by atoms with Gasteiger partial charge in [0.1, 0.15) is 0 Å². The summed E-state index contributed by atoms with van der Waals surface area (Å²) in [6.45, 7) is 4.11. The molecule has 138 valence electrons. The van der Waals surface area contributed by atoms with Crippen LogP contribution in [0.5, 0.6) is 0 Å². The first kappa shape index (κ1) is 21.5. The minimum Gasteiger partial charge on any atom is -0.376 e. The lowest BCUT2D eigenvalue weighted by atomic mass is 10.1. The van der Waals surface area contributed by atoms with E-state index in [1.54, 1.807) is 42.7 Å². The molecule has 1 aromatic rings. The van der Waals surface area contributed by atoms with Gasteiger partial charge in [-0.15, -0.1) is 0 Å². The molecule has 1 rings (SSSR count). The van der Waals surface area contributed by atoms with E-state index in [1.807, 2.05) is 0 Å². The Morgan fingerprint density at radius 2 is 0.750 bits per heavy atom. The number of rotatable bonds is 10. The van der Waals surface area contributed by atoms with Crippen molar-refractivity contribution in [1.82, 2.24) is 0 Å². The molecule has 0 heterocycles. The molecule has 0 saturated carbocycles. The van der Waals surface area contributed by atoms with Gasteiger partial charge in [-0.2, -0.15) is 0 Å². The third-order valence-electron chi connectivity index (χ3n) is 4.70. The van der Waals surface area contributed by atoms with Crippen LogP contribution in [0.3, 0.4) is 0 Å². The lowest BCUT2D eigenvalue weighted by Gasteiger charge is -2.32. The molecule has 8 heteroatoms. The average Bonchev–Trinajstić information content (AvgIpc) is 2.65. The quantitative estimate of drug-likeness (QED) is 0.587. The van der Waals surface area contributed by atoms with Crippen molar-refractivity contribution in [2.24, 2.45) is 0 Å². The molecule has 0 amide bonds. The molecule has 6 nitrogen and oxygen atoms in total. The number of hydrogen-bond donors (Lipinski definition) is 0. The van der Waals surface area contributed by atoms with Crippen LogP contribution in [0.4, 0.5) is 0 Å². The van der Waals surface area contributed by atoms with E-state index < -0.39 is 17.6 Å². The van der Waals surface area contributed by atoms with Crippen LogP contribution in [-0.2, 0) is 26.6 Å². The lowest BCUT2D eigenvalue weighted by molar-refractivity contribution is 0.113. The molecule has 0 aliphatic carbocycles. The Morgan fingerprint density at radius 3 is 0.917 bits per heavy atom. The van der Waals surface area contributed by atoms with E-state index in [4.69, 9.17) is 26.6 Å². The van der Waals surface area contributed by atoms with Crippen LogP contribution in [0.15, 0.2) is 24.3 Å². The molecule has 0 spiro atoms. The fourth-order valence-corrected chi connectivity index (χ4v) is 7.36. The Labute approximate surface area is 147 Å². The topological polar surface area (TPSA) is 55.4 Å². The van der Waals surface area contributed by atoms with Gasteiger partial charge in [0.15, 0.2) is 0 Å². The SMILES string of the molecule is CO[Si](OC)(OC)[C@H](C)c1ccc([C@@H](C)[Si](OC)(OC)OC)cc1. The fourth-order valence-electron chi connectivity index (χ4n) is 3.04. The second-order valence-corrected chi connectivity index (χ2v) is 12.1. The lowest BCUT2D eigenvalue weighted by Crippen LogP contribution is -2.48. The van der Waals surface area contributed by atoms with Gasteiger partial charge < -0.3 is 26.6 Å². The van der Waals surface area contributed by atoms with Crippen LogP contribution >= 0.6 is 0 Å². The van der Waals surface area contributed by atoms with Crippen LogP contribution in [0.25, 0.3) is 0 Å². The molecule has 0 radical (unpaired) electrons. The van der Waals surface area contributed by atoms with Gasteiger partial charge in [0.05, 0.1) is 11.1 Å². The largest absolute Gasteiger partial charge is 0.507 e. The third kappa shape index (κ3) is 3.97. The second kappa shape index (κ2) is 9.21. The van der Waals surface area contributed by atoms with Gasteiger partial charge in [0.2, 0.25) is 0 Å². The Morgan fingerprint density at radius 1 is 0.542 bits per heavy atom. The molecule has 0 N–H and O–H groups in total. The average molecular weight is 375 g/mol. The van der Waals surface area contributed by atoms with Crippen molar-refractivity contribution in [3.63, 3.8) is 0 Å². The van der Waals surface area contributed by atoms with Crippen LogP contribution in [-0.4, -0.2) is 60.3 Å². The van der Waals surface area contributed by atoms with Crippen LogP contribution in [0, 0.1) is 0 Å². The minimum atomic E-state index is -2.73. The molecule has 0 saturated heterocycles. The molecule has 0 aliphatic heterocycles. The zero-order chi connectivity index (χ0) is 18.4. The van der Waals surface area contributed by atoms with Crippen molar-refractivity contribution in [1.29, 1.82) is 0 Å². The van der Waals surface area contributed by atoms with Gasteiger partial charge in [0.25, 0.3) is 0 Å². The van der Waals surface area contributed by atoms with Crippen molar-refractivity contribution < 1.29 is 26.6 Å². The maximum atomic E-state index is 5.58. The molecule has 24 heavy (non-hydrogen) atoms. The van der Waals surface area contributed by atoms with Crippen molar-refractivity contribution >= 4 is 17.6 Å². The highest BCUT2D eigenvalue weighted by Crippen LogP contribution is 2.32. The molecule has 0 bridgehead atoms. The summed E-state index contributed by atoms with van der Waals surface area (Å²) in [6.07, 6.45) is 0. The van der Waals surface area contributed by atoms with Gasteiger partial charge in [-0.05, 0) is 11.1 Å². The smallest absolute Gasteiger partial charge is 0.376 e. The zero-order valence-electron chi connectivity index (χ0n) is 15.9. The van der Waals surface area contributed by atoms with E-state index in [0.717, 1.165) is 11.1 Å². The highest BCUT2D eigenvalue weighted by atomic mass is 28.4. The summed E-state index contributed by atoms with van der Waals surface area (Å²) in [4.78, 5) is 0. The first-order valence-electron chi connectivity index (χ1n) is 7.81. The first-order valence-corrected chi connectivity index (χ1v) is 11.4. The Hall–Kier alpha value is -0.586. The first-order chi connectivity index (χ1) is 11.4. The van der Waals surface area contributed by atoms with E-state index >= 15 is 0 Å². The van der Waals surface area contributed by atoms with Crippen LogP contribution in [0.2, 0.25) is 0 Å². The van der Waals surface area contributed by atoms with E-state index in [-0.39, 0.29) is 11.1 Å². The standard InChI is InChI=1S/C16H30O6Si2/c1-13(23(17-3,18-4)19-5)15-9-11-16(12-10-15)14(2)24(20-6,21-7)22-8/h9-14H,1-8H3/t13-,14-/m1/s1. The summed E-state index contributed by atoms with van der Waals surface area (Å²) in [7, 11) is 4.30. The van der Waals surface area contributed by atoms with Crippen LogP contribution in [0.1, 0.15) is 36.1 Å². The molecule has 0 fully saturated rings. The molecular formula is C16H30O6Si2. The summed E-state index contributed by atoms with van der Waals surface area (Å²) in [5.41, 5.74) is 2.25. The number of hydrogen-bond acceptors (Lipinski definition) is 6. The zero-order valence-corrected chi connectivity index (χ0v) is 17.9. The van der Waals surface area contributed by atoms with Crippen molar-refractivity contribution in [2.75, 3.05) is 42.7 Å². The van der Waals surface area contributed by atoms with Crippen molar-refractivity contribution in [2.45, 2.75) is 24.9 Å². The summed E-state index contributed by atoms with van der Waals surface area (Å²) in [6, 6.07) is 8.26. The Kier molecular flexibility index (Phi) is 8.23. The maximum absolute atomic E-state index is 5.58. The Bertz CT molecular complexity index is 426. The van der Waals surface area contributed by atoms with E-state index in [2.05, 4.69) is 38.1 Å². The highest BCUT2D eigenvalue weighted by molar-refractivity contribution is 6.62. The monoisotopic (exact) mass is 374 g/mol. The summed E-state index contributed by atoms with van der Waals surface area (Å²) >= 11 is 0. The fraction of sp³-hybridized carbons (Fsp3) is 0.625. The molecule has 0 aromatic heterocycles. The van der Waals surface area contributed by atoms with Crippen LogP contribution < -0.4 is 0 Å². The number of benzene rings is 1. The molecule has 0 unspecified atom stereocenters. The second-order valence-electron chi connectivity index (χ2n) is 5.54. The summed E-state index contributed by atoms with van der Waals surface area (Å²) in [5.74, 6) is 0. The summed E-state index contributed by atoms with van der Waals surface area (Å²) < 4.78 is 33.5. The van der Waals surface area contributed by atoms with Gasteiger partial charge in [-0.25, -0.2) is 0 Å². The minimum absolute atomic E-state index is 0.0242. The third-order valence-corrected chi connectivity index (χ3v) is 10.9. The van der Waals surface area contributed by atoms with Crippen molar-refractivity contribution in [3.8, 4) is 0 Å².